The number of hydrogen-bond acceptors (Lipinski definition) is 3. The van der Waals surface area contributed by atoms with Crippen LogP contribution in [0.2, 0.25) is 0 Å². The fourth-order valence-corrected chi connectivity index (χ4v) is 2.11. The highest BCUT2D eigenvalue weighted by molar-refractivity contribution is 5.79. The van der Waals surface area contributed by atoms with E-state index in [-0.39, 0.29) is 23.8 Å². The van der Waals surface area contributed by atoms with E-state index in [0.29, 0.717) is 18.5 Å². The van der Waals surface area contributed by atoms with Crippen molar-refractivity contribution < 1.29 is 14.1 Å². The number of para-hydroxylation sites is 1. The fraction of sp³-hybridized carbons (Fsp3) is 0.188. The molecule has 1 N–H and O–H groups in total. The summed E-state index contributed by atoms with van der Waals surface area (Å²) < 4.78 is 13.0. The first-order valence-electron chi connectivity index (χ1n) is 6.79. The van der Waals surface area contributed by atoms with Crippen molar-refractivity contribution in [2.75, 3.05) is 6.54 Å². The maximum Gasteiger partial charge on any atom is 0.273 e. The highest BCUT2D eigenvalue weighted by Gasteiger charge is 2.15. The molecule has 0 spiro atoms. The predicted molar refractivity (Wildman–Crippen MR) is 79.9 cm³/mol. The van der Waals surface area contributed by atoms with Crippen LogP contribution < -0.4 is 5.32 Å². The van der Waals surface area contributed by atoms with Crippen LogP contribution in [-0.2, 0) is 17.6 Å². The Bertz CT molecular complexity index is 689. The Morgan fingerprint density at radius 3 is 2.68 bits per heavy atom. The van der Waals surface area contributed by atoms with E-state index in [4.69, 9.17) is 0 Å². The molecule has 0 atom stereocenters. The fourth-order valence-electron chi connectivity index (χ4n) is 2.11. The second-order valence-electron chi connectivity index (χ2n) is 4.79. The normalized spacial score (nSPS) is 10.2. The molecule has 0 heterocycles. The van der Waals surface area contributed by atoms with Crippen LogP contribution in [-0.4, -0.2) is 17.4 Å². The van der Waals surface area contributed by atoms with Gasteiger partial charge in [-0.25, -0.2) is 4.39 Å². The average molecular weight is 302 g/mol. The van der Waals surface area contributed by atoms with Gasteiger partial charge in [-0.2, -0.15) is 0 Å². The average Bonchev–Trinajstić information content (AvgIpc) is 2.47. The lowest BCUT2D eigenvalue weighted by Gasteiger charge is -2.06. The minimum atomic E-state index is -0.505. The number of rotatable bonds is 6. The molecule has 5 nitrogen and oxygen atoms in total. The zero-order chi connectivity index (χ0) is 15.9. The van der Waals surface area contributed by atoms with E-state index in [9.17, 15) is 19.3 Å². The summed E-state index contributed by atoms with van der Waals surface area (Å²) in [4.78, 5) is 22.2. The first-order valence-corrected chi connectivity index (χ1v) is 6.79. The van der Waals surface area contributed by atoms with Crippen molar-refractivity contribution in [1.82, 2.24) is 5.32 Å². The number of amides is 1. The second kappa shape index (κ2) is 7.31. The number of nitrogens with one attached hydrogen (secondary N) is 1. The van der Waals surface area contributed by atoms with E-state index in [1.165, 1.54) is 18.2 Å². The van der Waals surface area contributed by atoms with E-state index >= 15 is 0 Å². The first-order chi connectivity index (χ1) is 10.6. The largest absolute Gasteiger partial charge is 0.355 e. The standard InChI is InChI=1S/C16H15FN2O3/c17-14-6-3-4-12(10-14)8-9-18-16(20)11-13-5-1-2-7-15(13)19(21)22/h1-7,10H,8-9,11H2,(H,18,20). The lowest BCUT2D eigenvalue weighted by atomic mass is 10.1. The molecule has 0 fully saturated rings. The molecule has 0 aromatic heterocycles. The van der Waals surface area contributed by atoms with Gasteiger partial charge in [0.25, 0.3) is 5.69 Å². The Morgan fingerprint density at radius 1 is 1.18 bits per heavy atom. The van der Waals surface area contributed by atoms with Gasteiger partial charge in [-0.05, 0) is 24.1 Å². The molecule has 2 rings (SSSR count). The van der Waals surface area contributed by atoms with Gasteiger partial charge < -0.3 is 5.32 Å². The van der Waals surface area contributed by atoms with Crippen molar-refractivity contribution in [1.29, 1.82) is 0 Å². The van der Waals surface area contributed by atoms with Gasteiger partial charge >= 0.3 is 0 Å². The number of benzene rings is 2. The molecule has 0 aliphatic rings. The van der Waals surface area contributed by atoms with Gasteiger partial charge in [0.1, 0.15) is 5.82 Å². The first kappa shape index (κ1) is 15.6. The van der Waals surface area contributed by atoms with Crippen LogP contribution in [0.15, 0.2) is 48.5 Å². The number of nitro benzene ring substituents is 1. The Morgan fingerprint density at radius 2 is 1.95 bits per heavy atom. The van der Waals surface area contributed by atoms with Crippen LogP contribution in [0.25, 0.3) is 0 Å². The predicted octanol–water partition coefficient (Wildman–Crippen LogP) is 2.64. The van der Waals surface area contributed by atoms with Crippen molar-refractivity contribution in [2.45, 2.75) is 12.8 Å². The SMILES string of the molecule is O=C(Cc1ccccc1[N+](=O)[O-])NCCc1cccc(F)c1. The molecule has 2 aromatic carbocycles. The number of hydrogen-bond donors (Lipinski definition) is 1. The highest BCUT2D eigenvalue weighted by atomic mass is 19.1. The van der Waals surface area contributed by atoms with Gasteiger partial charge in [0, 0.05) is 18.2 Å². The zero-order valence-electron chi connectivity index (χ0n) is 11.8. The Labute approximate surface area is 126 Å². The summed E-state index contributed by atoms with van der Waals surface area (Å²) in [5.74, 6) is -0.616. The third kappa shape index (κ3) is 4.37. The molecule has 0 saturated carbocycles. The van der Waals surface area contributed by atoms with E-state index < -0.39 is 4.92 Å². The number of carbonyl (C=O) groups is 1. The molecule has 1 amide bonds. The van der Waals surface area contributed by atoms with Crippen molar-refractivity contribution >= 4 is 11.6 Å². The molecule has 0 aliphatic carbocycles. The van der Waals surface area contributed by atoms with Crippen molar-refractivity contribution in [3.63, 3.8) is 0 Å². The van der Waals surface area contributed by atoms with Gasteiger partial charge in [-0.1, -0.05) is 30.3 Å². The molecule has 6 heteroatoms. The Kier molecular flexibility index (Phi) is 5.19. The van der Waals surface area contributed by atoms with Crippen LogP contribution in [0, 0.1) is 15.9 Å². The molecule has 0 radical (unpaired) electrons. The van der Waals surface area contributed by atoms with Crippen LogP contribution in [0.3, 0.4) is 0 Å². The molecular weight excluding hydrogens is 287 g/mol. The van der Waals surface area contributed by atoms with Crippen molar-refractivity contribution in [3.8, 4) is 0 Å². The number of carbonyl (C=O) groups excluding carboxylic acids is 1. The minimum absolute atomic E-state index is 0.0553. The monoisotopic (exact) mass is 302 g/mol. The van der Waals surface area contributed by atoms with E-state index in [1.807, 2.05) is 0 Å². The quantitative estimate of drug-likeness (QED) is 0.658. The van der Waals surface area contributed by atoms with E-state index in [1.54, 1.807) is 30.3 Å². The maximum absolute atomic E-state index is 13.0. The maximum atomic E-state index is 13.0. The van der Waals surface area contributed by atoms with Crippen LogP contribution in [0.4, 0.5) is 10.1 Å². The Hall–Kier alpha value is -2.76. The lowest BCUT2D eigenvalue weighted by Crippen LogP contribution is -2.27. The topological polar surface area (TPSA) is 72.2 Å². The summed E-state index contributed by atoms with van der Waals surface area (Å²) in [6.45, 7) is 0.350. The summed E-state index contributed by atoms with van der Waals surface area (Å²) in [5, 5.41) is 13.6. The summed E-state index contributed by atoms with van der Waals surface area (Å²) in [7, 11) is 0. The van der Waals surface area contributed by atoms with Crippen LogP contribution in [0.5, 0.6) is 0 Å². The second-order valence-corrected chi connectivity index (χ2v) is 4.79. The molecule has 114 valence electrons. The number of nitrogens with zero attached hydrogens (tertiary/aromatic N) is 1. The van der Waals surface area contributed by atoms with Crippen molar-refractivity contribution in [2.24, 2.45) is 0 Å². The third-order valence-corrected chi connectivity index (χ3v) is 3.16. The molecular formula is C16H15FN2O3. The van der Waals surface area contributed by atoms with Crippen LogP contribution >= 0.6 is 0 Å². The molecule has 2 aromatic rings. The van der Waals surface area contributed by atoms with E-state index in [0.717, 1.165) is 5.56 Å². The molecule has 0 unspecified atom stereocenters. The summed E-state index contributed by atoms with van der Waals surface area (Å²) in [6.07, 6.45) is 0.445. The summed E-state index contributed by atoms with van der Waals surface area (Å²) >= 11 is 0. The Balaban J connectivity index is 1.87. The van der Waals surface area contributed by atoms with Crippen LogP contribution in [0.1, 0.15) is 11.1 Å². The molecule has 0 bridgehead atoms. The number of halogens is 1. The molecule has 0 aliphatic heterocycles. The minimum Gasteiger partial charge on any atom is -0.355 e. The van der Waals surface area contributed by atoms with Gasteiger partial charge in [-0.15, -0.1) is 0 Å². The van der Waals surface area contributed by atoms with Gasteiger partial charge in [-0.3, -0.25) is 14.9 Å². The molecule has 22 heavy (non-hydrogen) atoms. The van der Waals surface area contributed by atoms with Gasteiger partial charge in [0.2, 0.25) is 5.91 Å². The highest BCUT2D eigenvalue weighted by Crippen LogP contribution is 2.17. The summed E-state index contributed by atoms with van der Waals surface area (Å²) in [6, 6.07) is 12.3. The summed E-state index contributed by atoms with van der Waals surface area (Å²) in [5.41, 5.74) is 1.09. The van der Waals surface area contributed by atoms with E-state index in [2.05, 4.69) is 5.32 Å². The van der Waals surface area contributed by atoms with Gasteiger partial charge in [0.05, 0.1) is 11.3 Å². The zero-order valence-corrected chi connectivity index (χ0v) is 11.8. The smallest absolute Gasteiger partial charge is 0.273 e. The molecule has 0 saturated heterocycles. The number of nitro groups is 1. The lowest BCUT2D eigenvalue weighted by molar-refractivity contribution is -0.385. The van der Waals surface area contributed by atoms with Crippen molar-refractivity contribution in [3.05, 3.63) is 75.6 Å². The third-order valence-electron chi connectivity index (χ3n) is 3.16. The van der Waals surface area contributed by atoms with Gasteiger partial charge in [0.15, 0.2) is 0 Å².